The van der Waals surface area contributed by atoms with Gasteiger partial charge >= 0.3 is 0 Å². The van der Waals surface area contributed by atoms with E-state index < -0.39 is 0 Å². The van der Waals surface area contributed by atoms with E-state index in [-0.39, 0.29) is 6.10 Å². The first-order valence-electron chi connectivity index (χ1n) is 6.95. The number of likely N-dealkylation sites (tertiary alicyclic amines) is 1. The molecule has 1 aromatic rings. The predicted octanol–water partition coefficient (Wildman–Crippen LogP) is 2.98. The highest BCUT2D eigenvalue weighted by Crippen LogP contribution is 2.25. The highest BCUT2D eigenvalue weighted by Gasteiger charge is 2.18. The van der Waals surface area contributed by atoms with Crippen molar-refractivity contribution in [2.75, 3.05) is 26.2 Å². The monoisotopic (exact) mass is 327 g/mol. The third-order valence-electron chi connectivity index (χ3n) is 3.59. The summed E-state index contributed by atoms with van der Waals surface area (Å²) in [5, 5.41) is 9.44. The number of hydrogen-bond acceptors (Lipinski definition) is 3. The number of nitrogens with zero attached hydrogens (tertiary/aromatic N) is 1. The Morgan fingerprint density at radius 1 is 1.42 bits per heavy atom. The van der Waals surface area contributed by atoms with Gasteiger partial charge in [-0.25, -0.2) is 0 Å². The molecule has 1 heterocycles. The summed E-state index contributed by atoms with van der Waals surface area (Å²) in [6.45, 7) is 5.76. The van der Waals surface area contributed by atoms with Gasteiger partial charge in [-0.3, -0.25) is 0 Å². The summed E-state index contributed by atoms with van der Waals surface area (Å²) in [7, 11) is 0. The van der Waals surface area contributed by atoms with Crippen LogP contribution >= 0.6 is 15.9 Å². The molecule has 2 rings (SSSR count). The maximum Gasteiger partial charge on any atom is 0.123 e. The van der Waals surface area contributed by atoms with Crippen molar-refractivity contribution in [3.05, 3.63) is 28.2 Å². The number of aliphatic hydroxyl groups excluding tert-OH is 1. The molecular weight excluding hydrogens is 306 g/mol. The molecule has 0 unspecified atom stereocenters. The molecule has 0 aromatic heterocycles. The molecule has 1 saturated heterocycles. The Morgan fingerprint density at radius 3 is 3.00 bits per heavy atom. The average molecular weight is 328 g/mol. The van der Waals surface area contributed by atoms with E-state index in [1.165, 1.54) is 0 Å². The summed E-state index contributed by atoms with van der Waals surface area (Å²) in [4.78, 5) is 2.33. The fraction of sp³-hybridized carbons (Fsp3) is 0.600. The standard InChI is InChI=1S/C15H22BrNO2/c1-12-14(16)5-4-6-15(12)19-10-3-2-8-17-9-7-13(18)11-17/h4-6,13,18H,2-3,7-11H2,1H3/t13-/m1/s1. The number of rotatable bonds is 6. The van der Waals surface area contributed by atoms with Crippen LogP contribution in [0.4, 0.5) is 0 Å². The van der Waals surface area contributed by atoms with Crippen LogP contribution in [0.2, 0.25) is 0 Å². The molecule has 1 N–H and O–H groups in total. The van der Waals surface area contributed by atoms with Gasteiger partial charge in [-0.15, -0.1) is 0 Å². The summed E-state index contributed by atoms with van der Waals surface area (Å²) in [6, 6.07) is 6.04. The molecule has 0 bridgehead atoms. The van der Waals surface area contributed by atoms with Crippen LogP contribution in [0.1, 0.15) is 24.8 Å². The van der Waals surface area contributed by atoms with Crippen LogP contribution in [0.15, 0.2) is 22.7 Å². The molecular formula is C15H22BrNO2. The molecule has 1 aliphatic rings. The maximum atomic E-state index is 9.44. The Balaban J connectivity index is 1.63. The summed E-state index contributed by atoms with van der Waals surface area (Å²) >= 11 is 3.51. The summed E-state index contributed by atoms with van der Waals surface area (Å²) < 4.78 is 6.90. The second-order valence-corrected chi connectivity index (χ2v) is 6.02. The van der Waals surface area contributed by atoms with Gasteiger partial charge in [0.05, 0.1) is 12.7 Å². The van der Waals surface area contributed by atoms with Gasteiger partial charge < -0.3 is 14.7 Å². The van der Waals surface area contributed by atoms with Crippen molar-refractivity contribution in [1.29, 1.82) is 0 Å². The maximum absolute atomic E-state index is 9.44. The van der Waals surface area contributed by atoms with E-state index in [0.29, 0.717) is 0 Å². The zero-order chi connectivity index (χ0) is 13.7. The highest BCUT2D eigenvalue weighted by atomic mass is 79.9. The number of hydrogen-bond donors (Lipinski definition) is 1. The smallest absolute Gasteiger partial charge is 0.123 e. The highest BCUT2D eigenvalue weighted by molar-refractivity contribution is 9.10. The van der Waals surface area contributed by atoms with Gasteiger partial charge in [-0.05, 0) is 44.9 Å². The van der Waals surface area contributed by atoms with Crippen molar-refractivity contribution in [3.63, 3.8) is 0 Å². The van der Waals surface area contributed by atoms with E-state index in [4.69, 9.17) is 4.74 Å². The van der Waals surface area contributed by atoms with Crippen molar-refractivity contribution >= 4 is 15.9 Å². The van der Waals surface area contributed by atoms with Crippen molar-refractivity contribution in [1.82, 2.24) is 4.90 Å². The number of ether oxygens (including phenoxy) is 1. The topological polar surface area (TPSA) is 32.7 Å². The average Bonchev–Trinajstić information content (AvgIpc) is 2.80. The second kappa shape index (κ2) is 7.27. The summed E-state index contributed by atoms with van der Waals surface area (Å²) in [6.07, 6.45) is 2.99. The first-order valence-corrected chi connectivity index (χ1v) is 7.74. The molecule has 0 aliphatic carbocycles. The Morgan fingerprint density at radius 2 is 2.26 bits per heavy atom. The molecule has 106 valence electrons. The quantitative estimate of drug-likeness (QED) is 0.815. The van der Waals surface area contributed by atoms with Crippen molar-refractivity contribution in [2.24, 2.45) is 0 Å². The van der Waals surface area contributed by atoms with E-state index in [1.54, 1.807) is 0 Å². The number of unbranched alkanes of at least 4 members (excludes halogenated alkanes) is 1. The van der Waals surface area contributed by atoms with Gasteiger partial charge in [0.25, 0.3) is 0 Å². The van der Waals surface area contributed by atoms with Crippen LogP contribution in [0, 0.1) is 6.92 Å². The molecule has 4 heteroatoms. The normalized spacial score (nSPS) is 19.8. The van der Waals surface area contributed by atoms with E-state index in [9.17, 15) is 5.11 Å². The third kappa shape index (κ3) is 4.48. The summed E-state index contributed by atoms with van der Waals surface area (Å²) in [5.74, 6) is 0.964. The first kappa shape index (κ1) is 14.8. The first-order chi connectivity index (χ1) is 9.16. The summed E-state index contributed by atoms with van der Waals surface area (Å²) in [5.41, 5.74) is 1.16. The van der Waals surface area contributed by atoms with Gasteiger partial charge in [0, 0.05) is 23.1 Å². The molecule has 0 radical (unpaired) electrons. The van der Waals surface area contributed by atoms with Crippen molar-refractivity contribution in [2.45, 2.75) is 32.3 Å². The van der Waals surface area contributed by atoms with Crippen LogP contribution in [0.25, 0.3) is 0 Å². The second-order valence-electron chi connectivity index (χ2n) is 5.16. The number of β-amino-alcohol motifs (C(OH)–C–C–N with tert-alkyl or cyclic N) is 1. The van der Waals surface area contributed by atoms with Gasteiger partial charge in [0.15, 0.2) is 0 Å². The lowest BCUT2D eigenvalue weighted by Crippen LogP contribution is -2.23. The van der Waals surface area contributed by atoms with Crippen molar-refractivity contribution < 1.29 is 9.84 Å². The lowest BCUT2D eigenvalue weighted by molar-refractivity contribution is 0.175. The van der Waals surface area contributed by atoms with Crippen LogP contribution in [-0.2, 0) is 0 Å². The number of benzene rings is 1. The lowest BCUT2D eigenvalue weighted by Gasteiger charge is -2.15. The molecule has 1 fully saturated rings. The Kier molecular flexibility index (Phi) is 5.67. The van der Waals surface area contributed by atoms with E-state index in [2.05, 4.69) is 27.8 Å². The zero-order valence-electron chi connectivity index (χ0n) is 11.4. The lowest BCUT2D eigenvalue weighted by atomic mass is 10.2. The van der Waals surface area contributed by atoms with Gasteiger partial charge in [-0.1, -0.05) is 22.0 Å². The molecule has 1 atom stereocenters. The molecule has 3 nitrogen and oxygen atoms in total. The largest absolute Gasteiger partial charge is 0.493 e. The number of halogens is 1. The van der Waals surface area contributed by atoms with Crippen LogP contribution in [-0.4, -0.2) is 42.4 Å². The van der Waals surface area contributed by atoms with E-state index in [1.807, 2.05) is 18.2 Å². The van der Waals surface area contributed by atoms with Crippen molar-refractivity contribution in [3.8, 4) is 5.75 Å². The minimum Gasteiger partial charge on any atom is -0.493 e. The predicted molar refractivity (Wildman–Crippen MR) is 80.7 cm³/mol. The fourth-order valence-corrected chi connectivity index (χ4v) is 2.73. The molecule has 19 heavy (non-hydrogen) atoms. The van der Waals surface area contributed by atoms with Gasteiger partial charge in [0.2, 0.25) is 0 Å². The van der Waals surface area contributed by atoms with Gasteiger partial charge in [0.1, 0.15) is 5.75 Å². The SMILES string of the molecule is Cc1c(Br)cccc1OCCCCN1CC[C@@H](O)C1. The third-order valence-corrected chi connectivity index (χ3v) is 4.45. The Bertz CT molecular complexity index is 411. The van der Waals surface area contributed by atoms with E-state index >= 15 is 0 Å². The molecule has 1 aromatic carbocycles. The molecule has 0 spiro atoms. The van der Waals surface area contributed by atoms with Crippen LogP contribution in [0.3, 0.4) is 0 Å². The van der Waals surface area contributed by atoms with E-state index in [0.717, 1.165) is 61.3 Å². The Labute approximate surface area is 123 Å². The fourth-order valence-electron chi connectivity index (χ4n) is 2.38. The molecule has 0 saturated carbocycles. The minimum absolute atomic E-state index is 0.111. The molecule has 0 amide bonds. The Hall–Kier alpha value is -0.580. The van der Waals surface area contributed by atoms with Crippen LogP contribution < -0.4 is 4.74 Å². The zero-order valence-corrected chi connectivity index (χ0v) is 13.0. The van der Waals surface area contributed by atoms with Gasteiger partial charge in [-0.2, -0.15) is 0 Å². The number of aliphatic hydroxyl groups is 1. The minimum atomic E-state index is -0.111. The van der Waals surface area contributed by atoms with Crippen LogP contribution in [0.5, 0.6) is 5.75 Å². The molecule has 1 aliphatic heterocycles.